The van der Waals surface area contributed by atoms with Crippen LogP contribution < -0.4 is 10.1 Å². The van der Waals surface area contributed by atoms with Crippen LogP contribution in [0.5, 0.6) is 5.75 Å². The number of hydrogen-bond donors (Lipinski definition) is 2. The molecule has 1 rings (SSSR count). The fraction of sp³-hybridized carbons (Fsp3) is 0.562. The van der Waals surface area contributed by atoms with Crippen LogP contribution in [0, 0.1) is 17.2 Å². The van der Waals surface area contributed by atoms with Crippen LogP contribution in [0.2, 0.25) is 0 Å². The molecule has 0 saturated carbocycles. The maximum absolute atomic E-state index is 9.79. The van der Waals surface area contributed by atoms with Crippen molar-refractivity contribution in [2.24, 2.45) is 5.92 Å². The van der Waals surface area contributed by atoms with Crippen molar-refractivity contribution < 1.29 is 14.6 Å². The van der Waals surface area contributed by atoms with E-state index in [9.17, 15) is 5.11 Å². The van der Waals surface area contributed by atoms with Gasteiger partial charge in [0.2, 0.25) is 0 Å². The Hall–Kier alpha value is -1.61. The van der Waals surface area contributed by atoms with E-state index in [0.717, 1.165) is 6.61 Å². The minimum absolute atomic E-state index is 0.189. The molecule has 116 valence electrons. The molecule has 0 radical (unpaired) electrons. The molecule has 0 aliphatic rings. The van der Waals surface area contributed by atoms with Gasteiger partial charge in [-0.25, -0.2) is 0 Å². The molecule has 0 aliphatic carbocycles. The zero-order valence-corrected chi connectivity index (χ0v) is 12.7. The van der Waals surface area contributed by atoms with Gasteiger partial charge in [0.15, 0.2) is 0 Å². The number of nitriles is 1. The van der Waals surface area contributed by atoms with Gasteiger partial charge in [0.25, 0.3) is 0 Å². The number of nitrogens with one attached hydrogen (secondary N) is 1. The lowest BCUT2D eigenvalue weighted by Crippen LogP contribution is -2.33. The van der Waals surface area contributed by atoms with Crippen LogP contribution in [0.1, 0.15) is 19.4 Å². The molecule has 1 atom stereocenters. The molecule has 2 N–H and O–H groups in total. The van der Waals surface area contributed by atoms with Crippen LogP contribution in [0.25, 0.3) is 0 Å². The molecule has 0 fully saturated rings. The van der Waals surface area contributed by atoms with Crippen LogP contribution in [0.15, 0.2) is 24.3 Å². The number of nitrogens with zero attached hydrogens (tertiary/aromatic N) is 1. The summed E-state index contributed by atoms with van der Waals surface area (Å²) in [5.41, 5.74) is 0.544. The van der Waals surface area contributed by atoms with Crippen LogP contribution >= 0.6 is 0 Å². The van der Waals surface area contributed by atoms with Crippen LogP contribution in [-0.2, 0) is 4.74 Å². The van der Waals surface area contributed by atoms with Crippen molar-refractivity contribution in [3.8, 4) is 11.8 Å². The minimum atomic E-state index is -0.596. The highest BCUT2D eigenvalue weighted by Gasteiger charge is 2.05. The number of benzene rings is 1. The second-order valence-electron chi connectivity index (χ2n) is 5.28. The first-order valence-corrected chi connectivity index (χ1v) is 7.21. The fourth-order valence-electron chi connectivity index (χ4n) is 1.64. The summed E-state index contributed by atoms with van der Waals surface area (Å²) < 4.78 is 10.9. The lowest BCUT2D eigenvalue weighted by atomic mass is 10.2. The van der Waals surface area contributed by atoms with Crippen molar-refractivity contribution >= 4 is 0 Å². The van der Waals surface area contributed by atoms with Crippen molar-refractivity contribution in [2.45, 2.75) is 20.0 Å². The number of rotatable bonds is 10. The van der Waals surface area contributed by atoms with E-state index in [1.54, 1.807) is 24.3 Å². The zero-order valence-electron chi connectivity index (χ0n) is 12.7. The monoisotopic (exact) mass is 292 g/mol. The molecule has 1 aromatic carbocycles. The molecule has 5 heteroatoms. The van der Waals surface area contributed by atoms with Crippen LogP contribution in [0.4, 0.5) is 0 Å². The third-order valence-electron chi connectivity index (χ3n) is 2.66. The summed E-state index contributed by atoms with van der Waals surface area (Å²) in [7, 11) is 0. The second kappa shape index (κ2) is 10.2. The molecule has 0 heterocycles. The Morgan fingerprint density at radius 3 is 2.86 bits per heavy atom. The summed E-state index contributed by atoms with van der Waals surface area (Å²) in [5.74, 6) is 1.13. The second-order valence-corrected chi connectivity index (χ2v) is 5.28. The molecule has 0 bridgehead atoms. The summed E-state index contributed by atoms with van der Waals surface area (Å²) in [4.78, 5) is 0. The van der Waals surface area contributed by atoms with Gasteiger partial charge in [-0.3, -0.25) is 0 Å². The smallest absolute Gasteiger partial charge is 0.120 e. The summed E-state index contributed by atoms with van der Waals surface area (Å²) in [5, 5.41) is 21.7. The van der Waals surface area contributed by atoms with Crippen molar-refractivity contribution in [3.63, 3.8) is 0 Å². The van der Waals surface area contributed by atoms with Gasteiger partial charge in [-0.1, -0.05) is 19.9 Å². The van der Waals surface area contributed by atoms with Gasteiger partial charge in [-0.2, -0.15) is 5.26 Å². The molecule has 1 unspecified atom stereocenters. The normalized spacial score (nSPS) is 12.1. The van der Waals surface area contributed by atoms with Crippen molar-refractivity contribution in [1.82, 2.24) is 5.32 Å². The predicted molar refractivity (Wildman–Crippen MR) is 81.2 cm³/mol. The molecule has 5 nitrogen and oxygen atoms in total. The van der Waals surface area contributed by atoms with E-state index < -0.39 is 6.10 Å². The molecule has 0 aromatic heterocycles. The average Bonchev–Trinajstić information content (AvgIpc) is 2.48. The fourth-order valence-corrected chi connectivity index (χ4v) is 1.64. The van der Waals surface area contributed by atoms with Gasteiger partial charge < -0.3 is 19.9 Å². The van der Waals surface area contributed by atoms with E-state index in [-0.39, 0.29) is 6.61 Å². The highest BCUT2D eigenvalue weighted by Crippen LogP contribution is 2.12. The van der Waals surface area contributed by atoms with E-state index in [1.807, 2.05) is 6.07 Å². The van der Waals surface area contributed by atoms with Gasteiger partial charge in [0.05, 0.1) is 18.2 Å². The third-order valence-corrected chi connectivity index (χ3v) is 2.66. The highest BCUT2D eigenvalue weighted by atomic mass is 16.5. The maximum atomic E-state index is 9.79. The van der Waals surface area contributed by atoms with E-state index in [1.165, 1.54) is 0 Å². The molecular formula is C16H24N2O3. The first-order valence-electron chi connectivity index (χ1n) is 7.21. The van der Waals surface area contributed by atoms with Gasteiger partial charge in [0, 0.05) is 19.7 Å². The van der Waals surface area contributed by atoms with E-state index in [2.05, 4.69) is 19.2 Å². The maximum Gasteiger partial charge on any atom is 0.120 e. The largest absolute Gasteiger partial charge is 0.491 e. The van der Waals surface area contributed by atoms with Gasteiger partial charge >= 0.3 is 0 Å². The number of ether oxygens (including phenoxy) is 2. The molecular weight excluding hydrogens is 268 g/mol. The SMILES string of the molecule is CC(C)COCCNCC(O)COc1cccc(C#N)c1. The molecule has 0 saturated heterocycles. The number of hydrogen-bond acceptors (Lipinski definition) is 5. The molecule has 0 aliphatic heterocycles. The first kappa shape index (κ1) is 17.4. The molecule has 0 amide bonds. The van der Waals surface area contributed by atoms with Crippen molar-refractivity contribution in [1.29, 1.82) is 5.26 Å². The zero-order chi connectivity index (χ0) is 15.5. The number of aliphatic hydroxyl groups excluding tert-OH is 1. The van der Waals surface area contributed by atoms with Gasteiger partial charge in [-0.15, -0.1) is 0 Å². The van der Waals surface area contributed by atoms with Crippen molar-refractivity contribution in [3.05, 3.63) is 29.8 Å². The lowest BCUT2D eigenvalue weighted by Gasteiger charge is -2.13. The minimum Gasteiger partial charge on any atom is -0.491 e. The number of aliphatic hydroxyl groups is 1. The Morgan fingerprint density at radius 1 is 1.33 bits per heavy atom. The van der Waals surface area contributed by atoms with Gasteiger partial charge in [0.1, 0.15) is 18.5 Å². The Labute approximate surface area is 126 Å². The average molecular weight is 292 g/mol. The summed E-state index contributed by atoms with van der Waals surface area (Å²) in [6.45, 7) is 6.94. The summed E-state index contributed by atoms with van der Waals surface area (Å²) in [6, 6.07) is 8.93. The third kappa shape index (κ3) is 8.30. The first-order chi connectivity index (χ1) is 10.1. The Bertz CT molecular complexity index is 443. The Balaban J connectivity index is 2.11. The summed E-state index contributed by atoms with van der Waals surface area (Å²) >= 11 is 0. The summed E-state index contributed by atoms with van der Waals surface area (Å²) in [6.07, 6.45) is -0.596. The quantitative estimate of drug-likeness (QED) is 0.640. The molecule has 0 spiro atoms. The lowest BCUT2D eigenvalue weighted by molar-refractivity contribution is 0.0924. The Morgan fingerprint density at radius 2 is 2.14 bits per heavy atom. The highest BCUT2D eigenvalue weighted by molar-refractivity contribution is 5.36. The Kier molecular flexibility index (Phi) is 8.44. The van der Waals surface area contributed by atoms with E-state index in [0.29, 0.717) is 36.9 Å². The van der Waals surface area contributed by atoms with Crippen molar-refractivity contribution in [2.75, 3.05) is 32.9 Å². The van der Waals surface area contributed by atoms with E-state index >= 15 is 0 Å². The van der Waals surface area contributed by atoms with Crippen LogP contribution in [0.3, 0.4) is 0 Å². The van der Waals surface area contributed by atoms with Crippen LogP contribution in [-0.4, -0.2) is 44.1 Å². The van der Waals surface area contributed by atoms with E-state index in [4.69, 9.17) is 14.7 Å². The van der Waals surface area contributed by atoms with Gasteiger partial charge in [-0.05, 0) is 24.1 Å². The molecule has 1 aromatic rings. The predicted octanol–water partition coefficient (Wildman–Crippen LogP) is 1.56. The standard InChI is InChI=1S/C16H24N2O3/c1-13(2)11-20-7-6-18-10-15(19)12-21-16-5-3-4-14(8-16)9-17/h3-5,8,13,15,18-19H,6-7,10-12H2,1-2H3. The topological polar surface area (TPSA) is 74.5 Å². The molecule has 21 heavy (non-hydrogen) atoms.